The maximum atomic E-state index is 11.3. The van der Waals surface area contributed by atoms with Gasteiger partial charge in [0.05, 0.1) is 18.4 Å². The second-order valence-electron chi connectivity index (χ2n) is 4.92. The second kappa shape index (κ2) is 6.89. The summed E-state index contributed by atoms with van der Waals surface area (Å²) in [5, 5.41) is 11.1. The molecule has 0 spiro atoms. The van der Waals surface area contributed by atoms with E-state index in [1.807, 2.05) is 6.07 Å². The first kappa shape index (κ1) is 15.4. The lowest BCUT2D eigenvalue weighted by molar-refractivity contribution is -0.155. The van der Waals surface area contributed by atoms with Gasteiger partial charge >= 0.3 is 5.97 Å². The lowest BCUT2D eigenvalue weighted by atomic mass is 10.2. The van der Waals surface area contributed by atoms with Gasteiger partial charge < -0.3 is 10.1 Å². The third kappa shape index (κ3) is 9.36. The highest BCUT2D eigenvalue weighted by Crippen LogP contribution is 2.08. The maximum Gasteiger partial charge on any atom is 0.306 e. The summed E-state index contributed by atoms with van der Waals surface area (Å²) in [6, 6.07) is 2.01. The molecular formula is C12H20N2O3. The molecule has 5 nitrogen and oxygen atoms in total. The van der Waals surface area contributed by atoms with Crippen molar-refractivity contribution in [3.8, 4) is 6.07 Å². The van der Waals surface area contributed by atoms with Gasteiger partial charge in [0.25, 0.3) is 0 Å². The number of nitriles is 1. The van der Waals surface area contributed by atoms with E-state index in [2.05, 4.69) is 5.32 Å². The van der Waals surface area contributed by atoms with E-state index in [1.165, 1.54) is 0 Å². The van der Waals surface area contributed by atoms with E-state index in [1.54, 1.807) is 27.7 Å². The van der Waals surface area contributed by atoms with Crippen molar-refractivity contribution in [2.45, 2.75) is 46.1 Å². The summed E-state index contributed by atoms with van der Waals surface area (Å²) in [6.45, 7) is 7.36. The third-order valence-corrected chi connectivity index (χ3v) is 1.80. The van der Waals surface area contributed by atoms with Crippen LogP contribution in [0.2, 0.25) is 0 Å². The van der Waals surface area contributed by atoms with Crippen molar-refractivity contribution in [1.82, 2.24) is 5.32 Å². The van der Waals surface area contributed by atoms with Crippen molar-refractivity contribution >= 4 is 11.9 Å². The topological polar surface area (TPSA) is 79.2 Å². The van der Waals surface area contributed by atoms with Crippen molar-refractivity contribution in [1.29, 1.82) is 5.26 Å². The first-order valence-electron chi connectivity index (χ1n) is 5.63. The Labute approximate surface area is 102 Å². The smallest absolute Gasteiger partial charge is 0.306 e. The zero-order chi connectivity index (χ0) is 13.5. The van der Waals surface area contributed by atoms with Gasteiger partial charge in [-0.25, -0.2) is 0 Å². The first-order chi connectivity index (χ1) is 7.74. The number of nitrogens with one attached hydrogen (secondary N) is 1. The predicted octanol–water partition coefficient (Wildman–Crippen LogP) is 1.38. The van der Waals surface area contributed by atoms with Gasteiger partial charge in [-0.1, -0.05) is 0 Å². The SMILES string of the molecule is CC(C#N)CNC(=O)CCC(=O)OC(C)(C)C. The van der Waals surface area contributed by atoms with Crippen LogP contribution in [0, 0.1) is 17.2 Å². The number of nitrogens with zero attached hydrogens (tertiary/aromatic N) is 1. The Morgan fingerprint density at radius 1 is 1.35 bits per heavy atom. The van der Waals surface area contributed by atoms with Crippen molar-refractivity contribution in [3.63, 3.8) is 0 Å². The number of rotatable bonds is 5. The van der Waals surface area contributed by atoms with Crippen molar-refractivity contribution < 1.29 is 14.3 Å². The van der Waals surface area contributed by atoms with Gasteiger partial charge in [0.15, 0.2) is 0 Å². The minimum atomic E-state index is -0.525. The van der Waals surface area contributed by atoms with E-state index < -0.39 is 5.60 Å². The summed E-state index contributed by atoms with van der Waals surface area (Å²) in [6.07, 6.45) is 0.150. The summed E-state index contributed by atoms with van der Waals surface area (Å²) < 4.78 is 5.06. The number of esters is 1. The molecule has 1 N–H and O–H groups in total. The lowest BCUT2D eigenvalue weighted by Crippen LogP contribution is -2.29. The average molecular weight is 240 g/mol. The van der Waals surface area contributed by atoms with Gasteiger partial charge in [0, 0.05) is 13.0 Å². The zero-order valence-corrected chi connectivity index (χ0v) is 10.9. The Morgan fingerprint density at radius 2 is 1.94 bits per heavy atom. The molecule has 0 saturated heterocycles. The minimum absolute atomic E-state index is 0.0596. The van der Waals surface area contributed by atoms with Gasteiger partial charge in [0.2, 0.25) is 5.91 Å². The van der Waals surface area contributed by atoms with Gasteiger partial charge in [-0.05, 0) is 27.7 Å². The molecule has 0 aliphatic rings. The lowest BCUT2D eigenvalue weighted by Gasteiger charge is -2.19. The van der Waals surface area contributed by atoms with Gasteiger partial charge in [-0.3, -0.25) is 9.59 Å². The van der Waals surface area contributed by atoms with Crippen LogP contribution in [-0.2, 0) is 14.3 Å². The van der Waals surface area contributed by atoms with Crippen LogP contribution < -0.4 is 5.32 Å². The summed E-state index contributed by atoms with van der Waals surface area (Å²) in [4.78, 5) is 22.6. The fraction of sp³-hybridized carbons (Fsp3) is 0.750. The van der Waals surface area contributed by atoms with Gasteiger partial charge in [0.1, 0.15) is 5.60 Å². The van der Waals surface area contributed by atoms with Crippen LogP contribution in [-0.4, -0.2) is 24.0 Å². The molecule has 0 aliphatic carbocycles. The van der Waals surface area contributed by atoms with Crippen molar-refractivity contribution in [2.75, 3.05) is 6.54 Å². The molecule has 0 heterocycles. The Bertz CT molecular complexity index is 313. The number of hydrogen-bond acceptors (Lipinski definition) is 4. The van der Waals surface area contributed by atoms with Crippen molar-refractivity contribution in [3.05, 3.63) is 0 Å². The molecule has 1 unspecified atom stereocenters. The highest BCUT2D eigenvalue weighted by molar-refractivity contribution is 5.81. The monoisotopic (exact) mass is 240 g/mol. The molecule has 1 atom stereocenters. The molecule has 0 radical (unpaired) electrons. The number of carbonyl (C=O) groups is 2. The molecule has 0 bridgehead atoms. The molecule has 0 aromatic carbocycles. The van der Waals surface area contributed by atoms with Gasteiger partial charge in [-0.2, -0.15) is 5.26 Å². The standard InChI is InChI=1S/C12H20N2O3/c1-9(7-13)8-14-10(15)5-6-11(16)17-12(2,3)4/h9H,5-6,8H2,1-4H3,(H,14,15). The van der Waals surface area contributed by atoms with Gasteiger partial charge in [-0.15, -0.1) is 0 Å². The van der Waals surface area contributed by atoms with Crippen LogP contribution in [0.25, 0.3) is 0 Å². The Morgan fingerprint density at radius 3 is 2.41 bits per heavy atom. The fourth-order valence-corrected chi connectivity index (χ4v) is 1.01. The predicted molar refractivity (Wildman–Crippen MR) is 62.9 cm³/mol. The maximum absolute atomic E-state index is 11.3. The van der Waals surface area contributed by atoms with Crippen LogP contribution in [0.15, 0.2) is 0 Å². The molecule has 17 heavy (non-hydrogen) atoms. The van der Waals surface area contributed by atoms with E-state index in [9.17, 15) is 9.59 Å². The zero-order valence-electron chi connectivity index (χ0n) is 10.9. The van der Waals surface area contributed by atoms with E-state index in [-0.39, 0.29) is 30.6 Å². The average Bonchev–Trinajstić information content (AvgIpc) is 2.20. The first-order valence-corrected chi connectivity index (χ1v) is 5.63. The molecular weight excluding hydrogens is 220 g/mol. The Hall–Kier alpha value is -1.57. The number of carbonyl (C=O) groups excluding carboxylic acids is 2. The van der Waals surface area contributed by atoms with Crippen molar-refractivity contribution in [2.24, 2.45) is 5.92 Å². The molecule has 0 aromatic rings. The molecule has 0 rings (SSSR count). The van der Waals surface area contributed by atoms with E-state index in [0.717, 1.165) is 0 Å². The Balaban J connectivity index is 3.78. The molecule has 0 aliphatic heterocycles. The fourth-order valence-electron chi connectivity index (χ4n) is 1.01. The van der Waals surface area contributed by atoms with E-state index in [4.69, 9.17) is 10.00 Å². The summed E-state index contributed by atoms with van der Waals surface area (Å²) in [7, 11) is 0. The summed E-state index contributed by atoms with van der Waals surface area (Å²) in [5.41, 5.74) is -0.525. The third-order valence-electron chi connectivity index (χ3n) is 1.80. The normalized spacial score (nSPS) is 12.4. The summed E-state index contributed by atoms with van der Waals surface area (Å²) in [5.74, 6) is -0.848. The molecule has 0 aromatic heterocycles. The number of amides is 1. The quantitative estimate of drug-likeness (QED) is 0.736. The second-order valence-corrected chi connectivity index (χ2v) is 4.92. The van der Waals surface area contributed by atoms with Crippen LogP contribution >= 0.6 is 0 Å². The van der Waals surface area contributed by atoms with E-state index >= 15 is 0 Å². The molecule has 0 fully saturated rings. The minimum Gasteiger partial charge on any atom is -0.460 e. The summed E-state index contributed by atoms with van der Waals surface area (Å²) >= 11 is 0. The van der Waals surface area contributed by atoms with Crippen LogP contribution in [0.3, 0.4) is 0 Å². The largest absolute Gasteiger partial charge is 0.460 e. The van der Waals surface area contributed by atoms with Crippen LogP contribution in [0.1, 0.15) is 40.5 Å². The highest BCUT2D eigenvalue weighted by Gasteiger charge is 2.17. The molecule has 5 heteroatoms. The van der Waals surface area contributed by atoms with Crippen LogP contribution in [0.5, 0.6) is 0 Å². The highest BCUT2D eigenvalue weighted by atomic mass is 16.6. The molecule has 96 valence electrons. The number of ether oxygens (including phenoxy) is 1. The van der Waals surface area contributed by atoms with Crippen LogP contribution in [0.4, 0.5) is 0 Å². The number of hydrogen-bond donors (Lipinski definition) is 1. The molecule has 1 amide bonds. The molecule has 0 saturated carbocycles. The van der Waals surface area contributed by atoms with E-state index in [0.29, 0.717) is 6.54 Å². The Kier molecular flexibility index (Phi) is 6.26.